The second kappa shape index (κ2) is 3.98. The summed E-state index contributed by atoms with van der Waals surface area (Å²) < 4.78 is 0. The van der Waals surface area contributed by atoms with Crippen LogP contribution in [0, 0.1) is 5.41 Å². The van der Waals surface area contributed by atoms with E-state index in [4.69, 9.17) is 5.11 Å². The number of rotatable bonds is 3. The van der Waals surface area contributed by atoms with Gasteiger partial charge in [-0.25, -0.2) is 4.79 Å². The second-order valence-corrected chi connectivity index (χ2v) is 4.33. The Balaban J connectivity index is 2.75. The van der Waals surface area contributed by atoms with Crippen LogP contribution in [0.4, 0.5) is 0 Å². The average Bonchev–Trinajstić information content (AvgIpc) is 2.48. The number of carbonyl (C=O) groups is 2. The smallest absolute Gasteiger partial charge is 0.326 e. The summed E-state index contributed by atoms with van der Waals surface area (Å²) in [6, 6.07) is -0.734. The molecule has 1 aliphatic carbocycles. The van der Waals surface area contributed by atoms with E-state index < -0.39 is 12.0 Å². The third-order valence-corrected chi connectivity index (χ3v) is 3.04. The molecular formula is C10H17NO3. The summed E-state index contributed by atoms with van der Waals surface area (Å²) in [4.78, 5) is 21.9. The topological polar surface area (TPSA) is 66.4 Å². The second-order valence-electron chi connectivity index (χ2n) is 4.33. The average molecular weight is 199 g/mol. The van der Waals surface area contributed by atoms with E-state index in [9.17, 15) is 9.59 Å². The Morgan fingerprint density at radius 3 is 2.21 bits per heavy atom. The first-order chi connectivity index (χ1) is 6.46. The largest absolute Gasteiger partial charge is 0.480 e. The van der Waals surface area contributed by atoms with E-state index in [2.05, 4.69) is 5.32 Å². The standard InChI is InChI=1S/C10H17NO3/c1-7(12)11-8(9(13)14)10(2)5-3-4-6-10/h8H,3-6H2,1-2H3,(H,11,12)(H,13,14). The van der Waals surface area contributed by atoms with Crippen LogP contribution in [0.25, 0.3) is 0 Å². The Hall–Kier alpha value is -1.06. The van der Waals surface area contributed by atoms with E-state index in [-0.39, 0.29) is 11.3 Å². The van der Waals surface area contributed by atoms with Gasteiger partial charge in [0, 0.05) is 6.92 Å². The number of carboxylic acid groups (broad SMARTS) is 1. The molecule has 1 unspecified atom stereocenters. The van der Waals surface area contributed by atoms with Crippen molar-refractivity contribution in [1.82, 2.24) is 5.32 Å². The lowest BCUT2D eigenvalue weighted by Crippen LogP contribution is -2.49. The molecule has 0 aromatic carbocycles. The molecule has 0 aliphatic heterocycles. The molecular weight excluding hydrogens is 182 g/mol. The molecule has 0 radical (unpaired) electrons. The Kier molecular flexibility index (Phi) is 3.13. The van der Waals surface area contributed by atoms with Crippen molar-refractivity contribution in [2.75, 3.05) is 0 Å². The van der Waals surface area contributed by atoms with Crippen molar-refractivity contribution in [2.45, 2.75) is 45.6 Å². The van der Waals surface area contributed by atoms with Gasteiger partial charge in [0.1, 0.15) is 6.04 Å². The maximum Gasteiger partial charge on any atom is 0.326 e. The van der Waals surface area contributed by atoms with Gasteiger partial charge in [0.25, 0.3) is 0 Å². The predicted molar refractivity (Wildman–Crippen MR) is 51.8 cm³/mol. The lowest BCUT2D eigenvalue weighted by Gasteiger charge is -2.31. The Bertz CT molecular complexity index is 244. The minimum atomic E-state index is -0.926. The molecule has 0 saturated heterocycles. The fraction of sp³-hybridized carbons (Fsp3) is 0.800. The van der Waals surface area contributed by atoms with Crippen molar-refractivity contribution in [1.29, 1.82) is 0 Å². The number of carbonyl (C=O) groups excluding carboxylic acids is 1. The highest BCUT2D eigenvalue weighted by Crippen LogP contribution is 2.40. The Morgan fingerprint density at radius 1 is 1.36 bits per heavy atom. The summed E-state index contributed by atoms with van der Waals surface area (Å²) >= 11 is 0. The summed E-state index contributed by atoms with van der Waals surface area (Å²) in [6.45, 7) is 3.29. The van der Waals surface area contributed by atoms with Gasteiger partial charge in [-0.05, 0) is 18.3 Å². The van der Waals surface area contributed by atoms with E-state index >= 15 is 0 Å². The molecule has 0 spiro atoms. The molecule has 1 amide bonds. The molecule has 14 heavy (non-hydrogen) atoms. The van der Waals surface area contributed by atoms with E-state index in [1.165, 1.54) is 6.92 Å². The molecule has 1 fully saturated rings. The number of amides is 1. The highest BCUT2D eigenvalue weighted by molar-refractivity contribution is 5.82. The normalized spacial score (nSPS) is 21.6. The number of hydrogen-bond donors (Lipinski definition) is 2. The van der Waals surface area contributed by atoms with E-state index in [0.717, 1.165) is 25.7 Å². The molecule has 0 heterocycles. The number of aliphatic carboxylic acids is 1. The van der Waals surface area contributed by atoms with Gasteiger partial charge in [0.15, 0.2) is 0 Å². The van der Waals surface area contributed by atoms with Gasteiger partial charge in [-0.1, -0.05) is 19.8 Å². The molecule has 0 aromatic rings. The van der Waals surface area contributed by atoms with E-state index in [0.29, 0.717) is 0 Å². The number of nitrogens with one attached hydrogen (secondary N) is 1. The van der Waals surface area contributed by atoms with Gasteiger partial charge in [-0.3, -0.25) is 4.79 Å². The molecule has 0 bridgehead atoms. The van der Waals surface area contributed by atoms with E-state index in [1.54, 1.807) is 0 Å². The SMILES string of the molecule is CC(=O)NC(C(=O)O)C1(C)CCCC1. The fourth-order valence-corrected chi connectivity index (χ4v) is 2.21. The summed E-state index contributed by atoms with van der Waals surface area (Å²) in [5, 5.41) is 11.6. The van der Waals surface area contributed by atoms with Crippen molar-refractivity contribution in [3.05, 3.63) is 0 Å². The first-order valence-corrected chi connectivity index (χ1v) is 4.95. The van der Waals surface area contributed by atoms with Crippen LogP contribution in [0.3, 0.4) is 0 Å². The van der Waals surface area contributed by atoms with Crippen LogP contribution >= 0.6 is 0 Å². The maximum atomic E-state index is 11.0. The molecule has 4 nitrogen and oxygen atoms in total. The van der Waals surface area contributed by atoms with Crippen LogP contribution < -0.4 is 5.32 Å². The Labute approximate surface area is 83.7 Å². The van der Waals surface area contributed by atoms with Gasteiger partial charge in [-0.15, -0.1) is 0 Å². The van der Waals surface area contributed by atoms with Crippen LogP contribution in [-0.4, -0.2) is 23.0 Å². The summed E-state index contributed by atoms with van der Waals surface area (Å²) in [5.74, 6) is -1.20. The monoisotopic (exact) mass is 199 g/mol. The molecule has 2 N–H and O–H groups in total. The summed E-state index contributed by atoms with van der Waals surface area (Å²) in [5.41, 5.74) is -0.266. The first kappa shape index (κ1) is 11.0. The lowest BCUT2D eigenvalue weighted by molar-refractivity contribution is -0.145. The minimum Gasteiger partial charge on any atom is -0.480 e. The number of carboxylic acids is 1. The third-order valence-electron chi connectivity index (χ3n) is 3.04. The lowest BCUT2D eigenvalue weighted by atomic mass is 9.80. The molecule has 0 aromatic heterocycles. The third kappa shape index (κ3) is 2.25. The predicted octanol–water partition coefficient (Wildman–Crippen LogP) is 1.16. The van der Waals surface area contributed by atoms with Crippen molar-refractivity contribution in [3.8, 4) is 0 Å². The zero-order chi connectivity index (χ0) is 10.8. The van der Waals surface area contributed by atoms with Gasteiger partial charge < -0.3 is 10.4 Å². The fourth-order valence-electron chi connectivity index (χ4n) is 2.21. The molecule has 1 saturated carbocycles. The van der Waals surface area contributed by atoms with Crippen LogP contribution in [0.5, 0.6) is 0 Å². The zero-order valence-corrected chi connectivity index (χ0v) is 8.67. The maximum absolute atomic E-state index is 11.0. The van der Waals surface area contributed by atoms with Gasteiger partial charge in [0.2, 0.25) is 5.91 Å². The molecule has 1 aliphatic rings. The zero-order valence-electron chi connectivity index (χ0n) is 8.67. The molecule has 4 heteroatoms. The van der Waals surface area contributed by atoms with Crippen molar-refractivity contribution < 1.29 is 14.7 Å². The number of hydrogen-bond acceptors (Lipinski definition) is 2. The van der Waals surface area contributed by atoms with E-state index in [1.807, 2.05) is 6.92 Å². The minimum absolute atomic E-state index is 0.266. The van der Waals surface area contributed by atoms with Crippen LogP contribution in [-0.2, 0) is 9.59 Å². The van der Waals surface area contributed by atoms with Crippen molar-refractivity contribution >= 4 is 11.9 Å². The van der Waals surface area contributed by atoms with Crippen molar-refractivity contribution in [2.24, 2.45) is 5.41 Å². The van der Waals surface area contributed by atoms with Crippen molar-refractivity contribution in [3.63, 3.8) is 0 Å². The van der Waals surface area contributed by atoms with Crippen LogP contribution in [0.2, 0.25) is 0 Å². The molecule has 80 valence electrons. The van der Waals surface area contributed by atoms with Gasteiger partial charge in [0.05, 0.1) is 0 Å². The summed E-state index contributed by atoms with van der Waals surface area (Å²) in [6.07, 6.45) is 3.87. The first-order valence-electron chi connectivity index (χ1n) is 4.95. The summed E-state index contributed by atoms with van der Waals surface area (Å²) in [7, 11) is 0. The van der Waals surface area contributed by atoms with Gasteiger partial charge in [-0.2, -0.15) is 0 Å². The highest BCUT2D eigenvalue weighted by atomic mass is 16.4. The van der Waals surface area contributed by atoms with Crippen LogP contribution in [0.1, 0.15) is 39.5 Å². The Morgan fingerprint density at radius 2 is 1.86 bits per heavy atom. The molecule has 1 rings (SSSR count). The van der Waals surface area contributed by atoms with Crippen LogP contribution in [0.15, 0.2) is 0 Å². The molecule has 1 atom stereocenters. The highest BCUT2D eigenvalue weighted by Gasteiger charge is 2.41. The quantitative estimate of drug-likeness (QED) is 0.716. The van der Waals surface area contributed by atoms with Gasteiger partial charge >= 0.3 is 5.97 Å².